The molecule has 0 aromatic heterocycles. The molecule has 8 heteroatoms. The van der Waals surface area contributed by atoms with Crippen molar-refractivity contribution in [3.8, 4) is 0 Å². The van der Waals surface area contributed by atoms with Gasteiger partial charge in [-0.2, -0.15) is 13.2 Å². The Labute approximate surface area is 282 Å². The van der Waals surface area contributed by atoms with Crippen LogP contribution < -0.4 is 5.32 Å². The van der Waals surface area contributed by atoms with E-state index in [0.717, 1.165) is 56.2 Å². The van der Waals surface area contributed by atoms with Crippen molar-refractivity contribution in [2.24, 2.45) is 44.8 Å². The number of amides is 1. The molecule has 48 heavy (non-hydrogen) atoms. The zero-order chi connectivity index (χ0) is 35.3. The van der Waals surface area contributed by atoms with Crippen LogP contribution in [0, 0.1) is 51.4 Å². The first kappa shape index (κ1) is 34.4. The number of nitrogens with one attached hydrogen (secondary N) is 1. The van der Waals surface area contributed by atoms with E-state index in [-0.39, 0.29) is 51.8 Å². The summed E-state index contributed by atoms with van der Waals surface area (Å²) < 4.78 is 39.1. The van der Waals surface area contributed by atoms with Gasteiger partial charge in [0.15, 0.2) is 11.6 Å². The Morgan fingerprint density at radius 2 is 1.60 bits per heavy atom. The summed E-state index contributed by atoms with van der Waals surface area (Å²) in [4.78, 5) is 45.2. The third-order valence-electron chi connectivity index (χ3n) is 13.9. The van der Waals surface area contributed by atoms with E-state index in [0.29, 0.717) is 12.0 Å². The Kier molecular flexibility index (Phi) is 7.71. The number of carbonyl (C=O) groups is 3. The molecule has 0 aliphatic heterocycles. The van der Waals surface area contributed by atoms with Crippen LogP contribution in [-0.4, -0.2) is 23.0 Å². The lowest BCUT2D eigenvalue weighted by Gasteiger charge is -2.69. The van der Waals surface area contributed by atoms with Crippen LogP contribution in [0.3, 0.4) is 0 Å². The fraction of sp³-hybridized carbons (Fsp3) is 0.600. The molecule has 5 aliphatic rings. The summed E-state index contributed by atoms with van der Waals surface area (Å²) in [7, 11) is 0. The van der Waals surface area contributed by atoms with Crippen LogP contribution in [0.5, 0.6) is 0 Å². The molecule has 0 saturated heterocycles. The van der Waals surface area contributed by atoms with Gasteiger partial charge in [0.05, 0.1) is 12.1 Å². The van der Waals surface area contributed by atoms with E-state index in [2.05, 4.69) is 44.8 Å². The summed E-state index contributed by atoms with van der Waals surface area (Å²) in [5.74, 6) is -0.808. The monoisotopic (exact) mass is 660 g/mol. The van der Waals surface area contributed by atoms with Crippen molar-refractivity contribution in [2.45, 2.75) is 105 Å². The van der Waals surface area contributed by atoms with Crippen LogP contribution >= 0.6 is 0 Å². The number of alkyl halides is 3. The molecule has 0 radical (unpaired) electrons. The highest BCUT2D eigenvalue weighted by atomic mass is 19.4. The maximum Gasteiger partial charge on any atom is 0.416 e. The van der Waals surface area contributed by atoms with Gasteiger partial charge in [0.25, 0.3) is 0 Å². The average Bonchev–Trinajstić information content (AvgIpc) is 2.99. The molecule has 1 aromatic rings. The maximum atomic E-state index is 14.7. The van der Waals surface area contributed by atoms with E-state index in [4.69, 9.17) is 6.57 Å². The quantitative estimate of drug-likeness (QED) is 0.260. The van der Waals surface area contributed by atoms with Crippen molar-refractivity contribution >= 4 is 23.5 Å². The van der Waals surface area contributed by atoms with Crippen molar-refractivity contribution in [3.63, 3.8) is 0 Å². The van der Waals surface area contributed by atoms with Gasteiger partial charge in [-0.15, -0.1) is 0 Å². The zero-order valence-electron chi connectivity index (χ0n) is 29.1. The van der Waals surface area contributed by atoms with Gasteiger partial charge in [-0.05, 0) is 103 Å². The Bertz CT molecular complexity index is 1710. The summed E-state index contributed by atoms with van der Waals surface area (Å²) >= 11 is 0. The van der Waals surface area contributed by atoms with Crippen LogP contribution in [0.4, 0.5) is 13.2 Å². The predicted octanol–water partition coefficient (Wildman–Crippen LogP) is 9.16. The Balaban J connectivity index is 1.36. The van der Waals surface area contributed by atoms with Gasteiger partial charge in [0, 0.05) is 28.4 Å². The zero-order valence-corrected chi connectivity index (χ0v) is 29.1. The molecule has 0 bridgehead atoms. The molecule has 1 N–H and O–H groups in total. The van der Waals surface area contributed by atoms with Crippen LogP contribution in [0.2, 0.25) is 0 Å². The minimum absolute atomic E-state index is 0.0247. The molecular weight excluding hydrogens is 613 g/mol. The van der Waals surface area contributed by atoms with Gasteiger partial charge in [-0.3, -0.25) is 9.59 Å². The number of ketones is 2. The van der Waals surface area contributed by atoms with Gasteiger partial charge in [-0.1, -0.05) is 72.2 Å². The number of allylic oxidation sites excluding steroid dienone is 4. The van der Waals surface area contributed by atoms with Gasteiger partial charge in [0.1, 0.15) is 0 Å². The van der Waals surface area contributed by atoms with Gasteiger partial charge < -0.3 is 10.1 Å². The fourth-order valence-electron chi connectivity index (χ4n) is 11.1. The van der Waals surface area contributed by atoms with Crippen LogP contribution in [0.1, 0.15) is 105 Å². The summed E-state index contributed by atoms with van der Waals surface area (Å²) in [5, 5.41) is 3.36. The third-order valence-corrected chi connectivity index (χ3v) is 13.9. The van der Waals surface area contributed by atoms with Crippen LogP contribution in [0.25, 0.3) is 10.9 Å². The largest absolute Gasteiger partial charge is 0.416 e. The summed E-state index contributed by atoms with van der Waals surface area (Å²) in [6.07, 6.45) is 7.74. The van der Waals surface area contributed by atoms with Crippen LogP contribution in [0.15, 0.2) is 53.8 Å². The molecule has 1 aromatic carbocycles. The van der Waals surface area contributed by atoms with Gasteiger partial charge >= 0.3 is 6.18 Å². The smallest absolute Gasteiger partial charge is 0.347 e. The molecule has 0 unspecified atom stereocenters. The van der Waals surface area contributed by atoms with Gasteiger partial charge in [0.2, 0.25) is 11.6 Å². The summed E-state index contributed by atoms with van der Waals surface area (Å²) in [6, 6.07) is 4.71. The lowest BCUT2D eigenvalue weighted by molar-refractivity contribution is -0.163. The Morgan fingerprint density at radius 3 is 2.23 bits per heavy atom. The second-order valence-electron chi connectivity index (χ2n) is 17.3. The van der Waals surface area contributed by atoms with Crippen molar-refractivity contribution in [2.75, 3.05) is 0 Å². The Hall–Kier alpha value is -3.47. The highest BCUT2D eigenvalue weighted by Crippen LogP contribution is 2.73. The first-order chi connectivity index (χ1) is 22.1. The predicted molar refractivity (Wildman–Crippen MR) is 179 cm³/mol. The number of hydrogen-bond donors (Lipinski definition) is 1. The number of rotatable bonds is 3. The maximum absolute atomic E-state index is 14.7. The topological polar surface area (TPSA) is 67.6 Å². The molecule has 3 saturated carbocycles. The number of hydrogen-bond acceptors (Lipinski definition) is 3. The van der Waals surface area contributed by atoms with Crippen molar-refractivity contribution in [1.82, 2.24) is 5.32 Å². The lowest BCUT2D eigenvalue weighted by Crippen LogP contribution is -2.69. The SMILES string of the molecule is [C-]#[N+]C1=C[C@]2(C)C3=CC(=O)[C@@H]4[C@@H]5CC(C)(C)CC[C@]5(NC(=O)/C=C/c5ccc(C(F)(F)F)cc5)CC[C@@]4(C)[C@]3(C)CC[C@H]2C(C)(C)C1=O. The van der Waals surface area contributed by atoms with Gasteiger partial charge in [-0.25, -0.2) is 4.85 Å². The van der Waals surface area contributed by atoms with E-state index in [9.17, 15) is 27.6 Å². The Morgan fingerprint density at radius 1 is 0.958 bits per heavy atom. The number of nitrogens with zero attached hydrogens (tertiary/aromatic N) is 1. The van der Waals surface area contributed by atoms with Crippen molar-refractivity contribution in [1.29, 1.82) is 0 Å². The van der Waals surface area contributed by atoms with E-state index in [1.165, 1.54) is 24.3 Å². The second kappa shape index (κ2) is 10.8. The average molecular weight is 661 g/mol. The van der Waals surface area contributed by atoms with Crippen molar-refractivity contribution < 1.29 is 27.6 Å². The number of carbonyl (C=O) groups excluding carboxylic acids is 3. The highest BCUT2D eigenvalue weighted by molar-refractivity contribution is 6.03. The molecular formula is C40H47F3N2O3. The number of halogens is 3. The fourth-order valence-corrected chi connectivity index (χ4v) is 11.1. The molecule has 5 nitrogen and oxygen atoms in total. The lowest BCUT2D eigenvalue weighted by atomic mass is 9.35. The molecule has 1 amide bonds. The van der Waals surface area contributed by atoms with E-state index in [1.54, 1.807) is 0 Å². The third kappa shape index (κ3) is 4.97. The second-order valence-corrected chi connectivity index (χ2v) is 17.3. The molecule has 0 heterocycles. The number of Topliss-reactive ketones (excluding diaryl/α,β-unsaturated/α-hetero) is 1. The summed E-state index contributed by atoms with van der Waals surface area (Å²) in [5.41, 5.74) is -1.73. The standard InChI is InChI=1S/C40H47F3N2O3/c1-34(2)17-19-39(45-31(47)14-11-24-9-12-25(13-10-24)40(41,42)43)20-18-38(7)32(26(39)22-34)28(46)21-30-36(5)23-27(44-8)33(48)35(3,4)29(36)15-16-37(30,38)6/h9-14,21,23,26,29,32H,15-20,22H2,1-7H3,(H,45,47)/b14-11+/t26-,29-,32-,36-,37+,38+,39-/m0/s1. The first-order valence-corrected chi connectivity index (χ1v) is 17.2. The molecule has 5 aliphatic carbocycles. The molecule has 256 valence electrons. The minimum Gasteiger partial charge on any atom is -0.347 e. The van der Waals surface area contributed by atoms with Crippen molar-refractivity contribution in [3.05, 3.63) is 76.3 Å². The minimum atomic E-state index is -4.43. The van der Waals surface area contributed by atoms with E-state index < -0.39 is 33.5 Å². The molecule has 0 spiro atoms. The normalized spacial score (nSPS) is 38.4. The summed E-state index contributed by atoms with van der Waals surface area (Å²) in [6.45, 7) is 22.8. The highest BCUT2D eigenvalue weighted by Gasteiger charge is 2.70. The molecule has 6 rings (SSSR count). The van der Waals surface area contributed by atoms with Crippen LogP contribution in [-0.2, 0) is 20.6 Å². The number of fused-ring (bicyclic) bond motifs is 7. The first-order valence-electron chi connectivity index (χ1n) is 17.2. The number of benzene rings is 1. The van der Waals surface area contributed by atoms with E-state index in [1.807, 2.05) is 26.0 Å². The van der Waals surface area contributed by atoms with E-state index >= 15 is 0 Å². The molecule has 3 fully saturated rings. The molecule has 7 atom stereocenters.